The van der Waals surface area contributed by atoms with E-state index in [0.29, 0.717) is 12.5 Å². The van der Waals surface area contributed by atoms with Crippen molar-refractivity contribution >= 4 is 0 Å². The van der Waals surface area contributed by atoms with Crippen LogP contribution in [-0.4, -0.2) is 25.3 Å². The van der Waals surface area contributed by atoms with Crippen molar-refractivity contribution in [2.24, 2.45) is 5.92 Å². The minimum absolute atomic E-state index is 0. The smallest absolute Gasteiger partial charge is 0.0471 e. The number of hydrogen-bond donors (Lipinski definition) is 2. The lowest BCUT2D eigenvalue weighted by Crippen LogP contribution is -2.21. The van der Waals surface area contributed by atoms with Gasteiger partial charge in [-0.05, 0) is 25.9 Å². The highest BCUT2D eigenvalue weighted by Gasteiger charge is 2.02. The molecule has 0 aromatic heterocycles. The Morgan fingerprint density at radius 1 is 1.45 bits per heavy atom. The molecule has 2 nitrogen and oxygen atoms in total. The standard InChI is InChI=1S/C7H17NO.C2H6.H2/c1-3-4-7(6-9)5-8-2;1-2;/h7-9H,3-6H2,1-2H3;1-2H3;1H. The third kappa shape index (κ3) is 9.92. The molecule has 0 heterocycles. The van der Waals surface area contributed by atoms with Crippen LogP contribution < -0.4 is 5.32 Å². The highest BCUT2D eigenvalue weighted by Crippen LogP contribution is 2.02. The molecule has 0 aliphatic rings. The molecule has 2 N–H and O–H groups in total. The lowest BCUT2D eigenvalue weighted by Gasteiger charge is -2.10. The maximum Gasteiger partial charge on any atom is 0.0471 e. The molecule has 2 heteroatoms. The molecule has 0 saturated carbocycles. The van der Waals surface area contributed by atoms with E-state index in [2.05, 4.69) is 12.2 Å². The summed E-state index contributed by atoms with van der Waals surface area (Å²) >= 11 is 0. The average Bonchev–Trinajstić information content (AvgIpc) is 2.08. The molecular weight excluding hydrogens is 138 g/mol. The maximum absolute atomic E-state index is 8.75. The van der Waals surface area contributed by atoms with Crippen molar-refractivity contribution in [2.45, 2.75) is 33.6 Å². The predicted octanol–water partition coefficient (Wildman–Crippen LogP) is 1.89. The molecule has 0 bridgehead atoms. The van der Waals surface area contributed by atoms with Crippen LogP contribution in [0, 0.1) is 5.92 Å². The van der Waals surface area contributed by atoms with Crippen LogP contribution in [0.4, 0.5) is 0 Å². The minimum atomic E-state index is 0. The molecule has 0 saturated heterocycles. The first kappa shape index (κ1) is 13.5. The molecule has 0 rings (SSSR count). The molecule has 0 fully saturated rings. The maximum atomic E-state index is 8.75. The molecule has 0 aliphatic carbocycles. The summed E-state index contributed by atoms with van der Waals surface area (Å²) < 4.78 is 0. The molecular formula is C9H25NO. The molecule has 11 heavy (non-hydrogen) atoms. The number of nitrogens with one attached hydrogen (secondary N) is 1. The summed E-state index contributed by atoms with van der Waals surface area (Å²) in [6.07, 6.45) is 2.28. The highest BCUT2D eigenvalue weighted by molar-refractivity contribution is 4.57. The van der Waals surface area contributed by atoms with Gasteiger partial charge in [0.15, 0.2) is 0 Å². The fourth-order valence-electron chi connectivity index (χ4n) is 0.955. The first-order valence-corrected chi connectivity index (χ1v) is 4.60. The summed E-state index contributed by atoms with van der Waals surface area (Å²) in [5, 5.41) is 11.8. The van der Waals surface area contributed by atoms with Crippen LogP contribution in [0.5, 0.6) is 0 Å². The molecule has 72 valence electrons. The van der Waals surface area contributed by atoms with Crippen molar-refractivity contribution in [2.75, 3.05) is 20.2 Å². The van der Waals surface area contributed by atoms with E-state index < -0.39 is 0 Å². The number of aliphatic hydroxyl groups excluding tert-OH is 1. The average molecular weight is 163 g/mol. The highest BCUT2D eigenvalue weighted by atomic mass is 16.3. The van der Waals surface area contributed by atoms with Crippen LogP contribution in [-0.2, 0) is 0 Å². The zero-order chi connectivity index (χ0) is 9.11. The first-order chi connectivity index (χ1) is 5.35. The van der Waals surface area contributed by atoms with Crippen molar-refractivity contribution in [3.8, 4) is 0 Å². The van der Waals surface area contributed by atoms with Gasteiger partial charge in [0.25, 0.3) is 0 Å². The third-order valence-electron chi connectivity index (χ3n) is 1.45. The molecule has 0 radical (unpaired) electrons. The monoisotopic (exact) mass is 163 g/mol. The molecule has 1 unspecified atom stereocenters. The van der Waals surface area contributed by atoms with E-state index in [1.54, 1.807) is 0 Å². The lowest BCUT2D eigenvalue weighted by molar-refractivity contribution is 0.216. The normalized spacial score (nSPS) is 11.7. The summed E-state index contributed by atoms with van der Waals surface area (Å²) in [5.41, 5.74) is 0. The Kier molecular flexibility index (Phi) is 15.4. The minimum Gasteiger partial charge on any atom is -0.396 e. The van der Waals surface area contributed by atoms with Crippen molar-refractivity contribution in [3.63, 3.8) is 0 Å². The van der Waals surface area contributed by atoms with Crippen LogP contribution in [0.1, 0.15) is 35.0 Å². The molecule has 0 amide bonds. The summed E-state index contributed by atoms with van der Waals surface area (Å²) in [6.45, 7) is 7.39. The van der Waals surface area contributed by atoms with Crippen molar-refractivity contribution < 1.29 is 6.53 Å². The second kappa shape index (κ2) is 12.6. The van der Waals surface area contributed by atoms with E-state index in [1.165, 1.54) is 0 Å². The Bertz CT molecular complexity index is 56.5. The first-order valence-electron chi connectivity index (χ1n) is 4.60. The summed E-state index contributed by atoms with van der Waals surface area (Å²) in [4.78, 5) is 0. The molecule has 0 aliphatic heterocycles. The lowest BCUT2D eigenvalue weighted by atomic mass is 10.1. The molecule has 1 atom stereocenters. The van der Waals surface area contributed by atoms with Crippen LogP contribution in [0.2, 0.25) is 0 Å². The topological polar surface area (TPSA) is 32.3 Å². The Hall–Kier alpha value is -0.0800. The van der Waals surface area contributed by atoms with E-state index in [0.717, 1.165) is 19.4 Å². The van der Waals surface area contributed by atoms with Crippen molar-refractivity contribution in [1.82, 2.24) is 5.32 Å². The quantitative estimate of drug-likeness (QED) is 0.648. The zero-order valence-corrected chi connectivity index (χ0v) is 8.35. The second-order valence-corrected chi connectivity index (χ2v) is 2.39. The Morgan fingerprint density at radius 2 is 2.00 bits per heavy atom. The number of hydrogen-bond acceptors (Lipinski definition) is 2. The third-order valence-corrected chi connectivity index (χ3v) is 1.45. The molecule has 0 spiro atoms. The van der Waals surface area contributed by atoms with Gasteiger partial charge in [-0.25, -0.2) is 0 Å². The van der Waals surface area contributed by atoms with E-state index in [9.17, 15) is 0 Å². The van der Waals surface area contributed by atoms with Gasteiger partial charge in [0.05, 0.1) is 0 Å². The second-order valence-electron chi connectivity index (χ2n) is 2.39. The van der Waals surface area contributed by atoms with Gasteiger partial charge in [0.2, 0.25) is 0 Å². The summed E-state index contributed by atoms with van der Waals surface area (Å²) in [6, 6.07) is 0. The van der Waals surface area contributed by atoms with Gasteiger partial charge in [-0.15, -0.1) is 0 Å². The van der Waals surface area contributed by atoms with Gasteiger partial charge < -0.3 is 10.4 Å². The van der Waals surface area contributed by atoms with Crippen LogP contribution in [0.25, 0.3) is 0 Å². The van der Waals surface area contributed by atoms with Crippen LogP contribution in [0.3, 0.4) is 0 Å². The van der Waals surface area contributed by atoms with Crippen molar-refractivity contribution in [3.05, 3.63) is 0 Å². The van der Waals surface area contributed by atoms with Gasteiger partial charge in [0, 0.05) is 8.03 Å². The van der Waals surface area contributed by atoms with Crippen LogP contribution in [0.15, 0.2) is 0 Å². The van der Waals surface area contributed by atoms with Gasteiger partial charge >= 0.3 is 0 Å². The zero-order valence-electron chi connectivity index (χ0n) is 8.35. The van der Waals surface area contributed by atoms with Gasteiger partial charge in [-0.3, -0.25) is 0 Å². The van der Waals surface area contributed by atoms with E-state index >= 15 is 0 Å². The largest absolute Gasteiger partial charge is 0.396 e. The summed E-state index contributed by atoms with van der Waals surface area (Å²) in [7, 11) is 1.92. The van der Waals surface area contributed by atoms with E-state index in [-0.39, 0.29) is 1.43 Å². The predicted molar refractivity (Wildman–Crippen MR) is 52.9 cm³/mol. The van der Waals surface area contributed by atoms with Gasteiger partial charge in [0.1, 0.15) is 0 Å². The number of aliphatic hydroxyl groups is 1. The van der Waals surface area contributed by atoms with Crippen LogP contribution >= 0.6 is 0 Å². The van der Waals surface area contributed by atoms with Gasteiger partial charge in [-0.1, -0.05) is 27.2 Å². The summed E-state index contributed by atoms with van der Waals surface area (Å²) in [5.74, 6) is 0.458. The number of rotatable bonds is 5. The fourth-order valence-corrected chi connectivity index (χ4v) is 0.955. The Balaban J connectivity index is -0.000000249. The molecule has 0 aromatic carbocycles. The van der Waals surface area contributed by atoms with E-state index in [4.69, 9.17) is 5.11 Å². The Labute approximate surface area is 72.5 Å². The Morgan fingerprint density at radius 3 is 2.27 bits per heavy atom. The SMILES string of the molecule is CC.CCCC(CO)CNC.[HH]. The fraction of sp³-hybridized carbons (Fsp3) is 1.00. The van der Waals surface area contributed by atoms with E-state index in [1.807, 2.05) is 20.9 Å². The van der Waals surface area contributed by atoms with Gasteiger partial charge in [-0.2, -0.15) is 0 Å². The molecule has 0 aromatic rings. The van der Waals surface area contributed by atoms with Crippen molar-refractivity contribution in [1.29, 1.82) is 0 Å².